The van der Waals surface area contributed by atoms with Gasteiger partial charge in [0.1, 0.15) is 0 Å². The van der Waals surface area contributed by atoms with Crippen LogP contribution >= 0.6 is 0 Å². The monoisotopic (exact) mass is 325 g/mol. The Morgan fingerprint density at radius 3 is 2.67 bits per heavy atom. The number of rotatable bonds is 6. The number of nitrogens with one attached hydrogen (secondary N) is 1. The smallest absolute Gasteiger partial charge is 0.316 e. The predicted molar refractivity (Wildman–Crippen MR) is 93.8 cm³/mol. The molecule has 6 nitrogen and oxygen atoms in total. The first-order valence-electron chi connectivity index (χ1n) is 8.26. The Hall–Kier alpha value is -2.63. The zero-order chi connectivity index (χ0) is 17.1. The zero-order valence-electron chi connectivity index (χ0n) is 14.6. The van der Waals surface area contributed by atoms with Crippen molar-refractivity contribution in [3.63, 3.8) is 0 Å². The highest BCUT2D eigenvalue weighted by atomic mass is 16.4. The van der Waals surface area contributed by atoms with Crippen molar-refractivity contribution >= 4 is 6.01 Å². The molecule has 126 valence electrons. The average Bonchev–Trinajstić information content (AvgIpc) is 3.12. The van der Waals surface area contributed by atoms with Crippen LogP contribution in [-0.2, 0) is 13.1 Å². The maximum atomic E-state index is 5.75. The first kappa shape index (κ1) is 16.2. The van der Waals surface area contributed by atoms with Crippen molar-refractivity contribution in [3.05, 3.63) is 46.8 Å². The predicted octanol–water partition coefficient (Wildman–Crippen LogP) is 3.88. The molecule has 3 aromatic rings. The first-order valence-corrected chi connectivity index (χ1v) is 8.26. The lowest BCUT2D eigenvalue weighted by molar-refractivity contribution is 0.578. The molecule has 0 unspecified atom stereocenters. The molecule has 3 rings (SSSR count). The molecule has 0 aliphatic carbocycles. The van der Waals surface area contributed by atoms with E-state index in [4.69, 9.17) is 4.42 Å². The van der Waals surface area contributed by atoms with Gasteiger partial charge in [0.25, 0.3) is 0 Å². The highest BCUT2D eigenvalue weighted by molar-refractivity contribution is 5.58. The number of aryl methyl sites for hydroxylation is 3. The zero-order valence-corrected chi connectivity index (χ0v) is 14.6. The molecule has 0 saturated heterocycles. The highest BCUT2D eigenvalue weighted by Gasteiger charge is 2.13. The number of benzene rings is 1. The quantitative estimate of drug-likeness (QED) is 0.745. The second-order valence-electron chi connectivity index (χ2n) is 5.95. The lowest BCUT2D eigenvalue weighted by atomic mass is 10.1. The van der Waals surface area contributed by atoms with Crippen LogP contribution in [-0.4, -0.2) is 20.0 Å². The molecule has 0 atom stereocenters. The molecule has 1 aromatic carbocycles. The molecular formula is C18H23N5O. The molecule has 0 saturated carbocycles. The van der Waals surface area contributed by atoms with E-state index in [1.165, 1.54) is 11.3 Å². The van der Waals surface area contributed by atoms with Crippen LogP contribution in [0.1, 0.15) is 35.9 Å². The summed E-state index contributed by atoms with van der Waals surface area (Å²) in [5, 5.41) is 16.0. The van der Waals surface area contributed by atoms with Crippen LogP contribution < -0.4 is 5.32 Å². The fraction of sp³-hybridized carbons (Fsp3) is 0.389. The van der Waals surface area contributed by atoms with Crippen LogP contribution in [0.2, 0.25) is 0 Å². The van der Waals surface area contributed by atoms with Crippen LogP contribution in [0.5, 0.6) is 0 Å². The van der Waals surface area contributed by atoms with E-state index in [1.54, 1.807) is 0 Å². The molecular weight excluding hydrogens is 302 g/mol. The maximum Gasteiger partial charge on any atom is 0.316 e. The molecule has 0 aliphatic heterocycles. The third-order valence-electron chi connectivity index (χ3n) is 4.18. The maximum absolute atomic E-state index is 5.75. The van der Waals surface area contributed by atoms with Gasteiger partial charge in [-0.3, -0.25) is 4.68 Å². The van der Waals surface area contributed by atoms with Crippen molar-refractivity contribution in [1.29, 1.82) is 0 Å². The Balaban J connectivity index is 1.74. The fourth-order valence-electron chi connectivity index (χ4n) is 2.80. The van der Waals surface area contributed by atoms with Gasteiger partial charge >= 0.3 is 6.01 Å². The van der Waals surface area contributed by atoms with Crippen molar-refractivity contribution in [1.82, 2.24) is 20.0 Å². The van der Waals surface area contributed by atoms with Gasteiger partial charge in [0.2, 0.25) is 5.89 Å². The van der Waals surface area contributed by atoms with E-state index >= 15 is 0 Å². The van der Waals surface area contributed by atoms with Crippen LogP contribution in [0.15, 0.2) is 28.7 Å². The molecule has 6 heteroatoms. The van der Waals surface area contributed by atoms with Gasteiger partial charge in [0.05, 0.1) is 5.69 Å². The Morgan fingerprint density at radius 2 is 1.92 bits per heavy atom. The summed E-state index contributed by atoms with van der Waals surface area (Å²) in [4.78, 5) is 0. The number of nitrogens with zero attached hydrogens (tertiary/aromatic N) is 4. The van der Waals surface area contributed by atoms with Gasteiger partial charge in [-0.05, 0) is 38.8 Å². The number of anilines is 1. The van der Waals surface area contributed by atoms with Gasteiger partial charge in [-0.2, -0.15) is 5.10 Å². The van der Waals surface area contributed by atoms with Crippen molar-refractivity contribution in [3.8, 4) is 11.5 Å². The second-order valence-corrected chi connectivity index (χ2v) is 5.95. The van der Waals surface area contributed by atoms with E-state index < -0.39 is 0 Å². The van der Waals surface area contributed by atoms with Crippen molar-refractivity contribution in [2.75, 3.05) is 5.32 Å². The Kier molecular flexibility index (Phi) is 4.64. The van der Waals surface area contributed by atoms with E-state index in [0.717, 1.165) is 29.8 Å². The lowest BCUT2D eigenvalue weighted by Gasteiger charge is -2.04. The fourth-order valence-corrected chi connectivity index (χ4v) is 2.80. The third kappa shape index (κ3) is 3.18. The van der Waals surface area contributed by atoms with Gasteiger partial charge < -0.3 is 9.73 Å². The molecule has 2 aromatic heterocycles. The first-order chi connectivity index (χ1) is 11.6. The number of hydrogen-bond acceptors (Lipinski definition) is 5. The Bertz CT molecular complexity index is 834. The van der Waals surface area contributed by atoms with E-state index in [9.17, 15) is 0 Å². The summed E-state index contributed by atoms with van der Waals surface area (Å²) in [5.74, 6) is 0.533. The summed E-state index contributed by atoms with van der Waals surface area (Å²) in [5.41, 5.74) is 5.47. The van der Waals surface area contributed by atoms with E-state index in [-0.39, 0.29) is 0 Å². The summed E-state index contributed by atoms with van der Waals surface area (Å²) in [6.45, 7) is 9.87. The molecule has 2 heterocycles. The number of aromatic nitrogens is 4. The minimum absolute atomic E-state index is 0.426. The van der Waals surface area contributed by atoms with Crippen molar-refractivity contribution in [2.45, 2.75) is 47.2 Å². The van der Waals surface area contributed by atoms with Gasteiger partial charge in [-0.25, -0.2) is 0 Å². The molecule has 0 aliphatic rings. The molecule has 0 radical (unpaired) electrons. The highest BCUT2D eigenvalue weighted by Crippen LogP contribution is 2.23. The third-order valence-corrected chi connectivity index (χ3v) is 4.18. The summed E-state index contributed by atoms with van der Waals surface area (Å²) in [6, 6.07) is 8.40. The minimum Gasteiger partial charge on any atom is -0.403 e. The van der Waals surface area contributed by atoms with E-state index in [0.29, 0.717) is 18.5 Å². The van der Waals surface area contributed by atoms with Crippen molar-refractivity contribution < 1.29 is 4.42 Å². The molecule has 24 heavy (non-hydrogen) atoms. The number of hydrogen-bond donors (Lipinski definition) is 1. The largest absolute Gasteiger partial charge is 0.403 e. The summed E-state index contributed by atoms with van der Waals surface area (Å²) < 4.78 is 7.80. The SMILES string of the molecule is CCCn1nc(C)c(CNc2nnc(-c3ccccc3C)o2)c1C. The van der Waals surface area contributed by atoms with Crippen molar-refractivity contribution in [2.24, 2.45) is 0 Å². The van der Waals surface area contributed by atoms with Crippen LogP contribution in [0.4, 0.5) is 6.01 Å². The molecule has 1 N–H and O–H groups in total. The molecule has 0 spiro atoms. The minimum atomic E-state index is 0.426. The Morgan fingerprint density at radius 1 is 1.12 bits per heavy atom. The molecule has 0 fully saturated rings. The summed E-state index contributed by atoms with van der Waals surface area (Å²) in [7, 11) is 0. The normalized spacial score (nSPS) is 11.0. The second kappa shape index (κ2) is 6.86. The topological polar surface area (TPSA) is 68.8 Å². The van der Waals surface area contributed by atoms with Gasteiger partial charge in [-0.15, -0.1) is 5.10 Å². The summed E-state index contributed by atoms with van der Waals surface area (Å²) in [6.07, 6.45) is 1.07. The standard InChI is InChI=1S/C18H23N5O/c1-5-10-23-14(4)16(13(3)22-23)11-19-18-21-20-17(24-18)15-9-7-6-8-12(15)2/h6-9H,5,10-11H2,1-4H3,(H,19,21). The van der Waals surface area contributed by atoms with E-state index in [2.05, 4.69) is 39.1 Å². The molecule has 0 amide bonds. The summed E-state index contributed by atoms with van der Waals surface area (Å²) >= 11 is 0. The van der Waals surface area contributed by atoms with Gasteiger partial charge in [0.15, 0.2) is 0 Å². The van der Waals surface area contributed by atoms with Gasteiger partial charge in [0, 0.05) is 29.9 Å². The lowest BCUT2D eigenvalue weighted by Crippen LogP contribution is -2.04. The van der Waals surface area contributed by atoms with Crippen LogP contribution in [0.3, 0.4) is 0 Å². The van der Waals surface area contributed by atoms with Crippen LogP contribution in [0.25, 0.3) is 11.5 Å². The molecule has 0 bridgehead atoms. The van der Waals surface area contributed by atoms with E-state index in [1.807, 2.05) is 38.1 Å². The Labute approximate surface area is 141 Å². The van der Waals surface area contributed by atoms with Crippen LogP contribution in [0, 0.1) is 20.8 Å². The average molecular weight is 325 g/mol. The van der Waals surface area contributed by atoms with Gasteiger partial charge in [-0.1, -0.05) is 30.2 Å².